The lowest BCUT2D eigenvalue weighted by Gasteiger charge is -2.29. The van der Waals surface area contributed by atoms with Crippen LogP contribution in [-0.4, -0.2) is 23.6 Å². The Balaban J connectivity index is 1.49. The van der Waals surface area contributed by atoms with E-state index in [1.807, 2.05) is 0 Å². The van der Waals surface area contributed by atoms with E-state index >= 15 is 0 Å². The monoisotopic (exact) mass is 257 g/mol. The molecule has 2 heterocycles. The first-order valence-corrected chi connectivity index (χ1v) is 7.75. The van der Waals surface area contributed by atoms with Gasteiger partial charge in [0.05, 0.1) is 0 Å². The van der Waals surface area contributed by atoms with Crippen molar-refractivity contribution >= 4 is 5.82 Å². The molecule has 3 heteroatoms. The molecule has 2 bridgehead atoms. The van der Waals surface area contributed by atoms with Gasteiger partial charge in [-0.15, -0.1) is 0 Å². The summed E-state index contributed by atoms with van der Waals surface area (Å²) in [6, 6.07) is 3.87. The molecule has 2 atom stereocenters. The Labute approximate surface area is 115 Å². The van der Waals surface area contributed by atoms with Gasteiger partial charge in [0.15, 0.2) is 0 Å². The van der Waals surface area contributed by atoms with Gasteiger partial charge in [-0.05, 0) is 62.1 Å². The van der Waals surface area contributed by atoms with Crippen molar-refractivity contribution in [2.75, 3.05) is 11.4 Å². The summed E-state index contributed by atoms with van der Waals surface area (Å²) < 4.78 is 0. The fourth-order valence-electron chi connectivity index (χ4n) is 3.76. The molecule has 0 aromatic carbocycles. The number of pyridine rings is 1. The zero-order valence-corrected chi connectivity index (χ0v) is 11.7. The third-order valence-electron chi connectivity index (χ3n) is 4.96. The SMILES string of the molecule is Cc1cc(CNC2CC2)cnc1N1CC2CCC1C2. The van der Waals surface area contributed by atoms with Gasteiger partial charge in [0.25, 0.3) is 0 Å². The number of rotatable bonds is 4. The molecule has 0 spiro atoms. The van der Waals surface area contributed by atoms with Crippen molar-refractivity contribution in [1.29, 1.82) is 0 Å². The van der Waals surface area contributed by atoms with Crippen LogP contribution in [0.1, 0.15) is 43.2 Å². The van der Waals surface area contributed by atoms with E-state index in [0.717, 1.165) is 24.5 Å². The van der Waals surface area contributed by atoms with Crippen LogP contribution < -0.4 is 10.2 Å². The zero-order chi connectivity index (χ0) is 12.8. The normalized spacial score (nSPS) is 29.2. The van der Waals surface area contributed by atoms with Crippen molar-refractivity contribution in [2.24, 2.45) is 5.92 Å². The fraction of sp³-hybridized carbons (Fsp3) is 0.688. The van der Waals surface area contributed by atoms with Gasteiger partial charge in [-0.2, -0.15) is 0 Å². The van der Waals surface area contributed by atoms with Crippen molar-refractivity contribution in [3.63, 3.8) is 0 Å². The van der Waals surface area contributed by atoms with E-state index < -0.39 is 0 Å². The van der Waals surface area contributed by atoms with Crippen LogP contribution in [0.3, 0.4) is 0 Å². The Kier molecular flexibility index (Phi) is 2.76. The molecule has 1 aliphatic heterocycles. The predicted molar refractivity (Wildman–Crippen MR) is 77.3 cm³/mol. The average Bonchev–Trinajstić information content (AvgIpc) is 3.01. The first-order chi connectivity index (χ1) is 9.29. The van der Waals surface area contributed by atoms with E-state index in [2.05, 4.69) is 29.4 Å². The number of nitrogens with zero attached hydrogens (tertiary/aromatic N) is 2. The van der Waals surface area contributed by atoms with Crippen LogP contribution in [-0.2, 0) is 6.54 Å². The second-order valence-corrected chi connectivity index (χ2v) is 6.62. The molecule has 0 amide bonds. The lowest BCUT2D eigenvalue weighted by molar-refractivity contribution is 0.549. The first-order valence-electron chi connectivity index (χ1n) is 7.75. The number of fused-ring (bicyclic) bond motifs is 2. The van der Waals surface area contributed by atoms with Gasteiger partial charge in [-0.25, -0.2) is 4.98 Å². The Morgan fingerprint density at radius 1 is 1.32 bits per heavy atom. The summed E-state index contributed by atoms with van der Waals surface area (Å²) >= 11 is 0. The highest BCUT2D eigenvalue weighted by Crippen LogP contribution is 2.40. The average molecular weight is 257 g/mol. The molecule has 3 fully saturated rings. The van der Waals surface area contributed by atoms with Crippen LogP contribution in [0.4, 0.5) is 5.82 Å². The maximum atomic E-state index is 4.76. The highest BCUT2D eigenvalue weighted by molar-refractivity contribution is 5.50. The van der Waals surface area contributed by atoms with Gasteiger partial charge in [0.2, 0.25) is 0 Å². The number of aromatic nitrogens is 1. The van der Waals surface area contributed by atoms with Crippen LogP contribution in [0, 0.1) is 12.8 Å². The summed E-state index contributed by atoms with van der Waals surface area (Å²) in [5.41, 5.74) is 2.68. The Hall–Kier alpha value is -1.09. The van der Waals surface area contributed by atoms with Gasteiger partial charge in [0, 0.05) is 31.4 Å². The Morgan fingerprint density at radius 2 is 2.21 bits per heavy atom. The summed E-state index contributed by atoms with van der Waals surface area (Å²) in [5.74, 6) is 2.17. The quantitative estimate of drug-likeness (QED) is 0.898. The molecule has 1 aromatic rings. The van der Waals surface area contributed by atoms with E-state index in [-0.39, 0.29) is 0 Å². The molecule has 2 unspecified atom stereocenters. The second kappa shape index (κ2) is 4.48. The molecule has 1 aromatic heterocycles. The van der Waals surface area contributed by atoms with Crippen LogP contribution in [0.15, 0.2) is 12.3 Å². The summed E-state index contributed by atoms with van der Waals surface area (Å²) in [6.07, 6.45) is 8.97. The third-order valence-corrected chi connectivity index (χ3v) is 4.96. The number of hydrogen-bond acceptors (Lipinski definition) is 3. The fourth-order valence-corrected chi connectivity index (χ4v) is 3.76. The molecule has 19 heavy (non-hydrogen) atoms. The van der Waals surface area contributed by atoms with Crippen molar-refractivity contribution in [3.05, 3.63) is 23.4 Å². The number of aryl methyl sites for hydroxylation is 1. The summed E-state index contributed by atoms with van der Waals surface area (Å²) in [5, 5.41) is 3.56. The number of piperidine rings is 1. The van der Waals surface area contributed by atoms with Crippen LogP contribution >= 0.6 is 0 Å². The molecule has 0 radical (unpaired) electrons. The van der Waals surface area contributed by atoms with Gasteiger partial charge in [-0.3, -0.25) is 0 Å². The van der Waals surface area contributed by atoms with Gasteiger partial charge >= 0.3 is 0 Å². The van der Waals surface area contributed by atoms with Gasteiger partial charge in [-0.1, -0.05) is 0 Å². The first kappa shape index (κ1) is 11.7. The summed E-state index contributed by atoms with van der Waals surface area (Å²) in [6.45, 7) is 4.43. The van der Waals surface area contributed by atoms with E-state index in [9.17, 15) is 0 Å². The van der Waals surface area contributed by atoms with Crippen LogP contribution in [0.2, 0.25) is 0 Å². The largest absolute Gasteiger partial charge is 0.353 e. The Bertz CT molecular complexity index is 481. The van der Waals surface area contributed by atoms with Gasteiger partial charge in [0.1, 0.15) is 5.82 Å². The smallest absolute Gasteiger partial charge is 0.131 e. The number of nitrogens with one attached hydrogen (secondary N) is 1. The molecule has 1 saturated heterocycles. The minimum atomic E-state index is 0.770. The maximum absolute atomic E-state index is 4.76. The van der Waals surface area contributed by atoms with Crippen LogP contribution in [0.25, 0.3) is 0 Å². The minimum Gasteiger partial charge on any atom is -0.353 e. The Morgan fingerprint density at radius 3 is 2.84 bits per heavy atom. The van der Waals surface area contributed by atoms with E-state index in [1.165, 1.54) is 55.6 Å². The predicted octanol–water partition coefficient (Wildman–Crippen LogP) is 2.63. The molecule has 2 aliphatic carbocycles. The van der Waals surface area contributed by atoms with E-state index in [0.29, 0.717) is 0 Å². The molecular formula is C16H23N3. The third kappa shape index (κ3) is 2.25. The van der Waals surface area contributed by atoms with E-state index in [4.69, 9.17) is 4.98 Å². The minimum absolute atomic E-state index is 0.770. The second-order valence-electron chi connectivity index (χ2n) is 6.62. The molecule has 1 N–H and O–H groups in total. The lowest BCUT2D eigenvalue weighted by Crippen LogP contribution is -2.33. The maximum Gasteiger partial charge on any atom is 0.131 e. The lowest BCUT2D eigenvalue weighted by atomic mass is 10.1. The zero-order valence-electron chi connectivity index (χ0n) is 11.7. The van der Waals surface area contributed by atoms with Crippen molar-refractivity contribution in [2.45, 2.75) is 57.7 Å². The topological polar surface area (TPSA) is 28.2 Å². The molecule has 3 aliphatic rings. The van der Waals surface area contributed by atoms with Crippen molar-refractivity contribution in [3.8, 4) is 0 Å². The molecular weight excluding hydrogens is 234 g/mol. The van der Waals surface area contributed by atoms with E-state index in [1.54, 1.807) is 0 Å². The van der Waals surface area contributed by atoms with Crippen LogP contribution in [0.5, 0.6) is 0 Å². The molecule has 3 nitrogen and oxygen atoms in total. The molecule has 4 rings (SSSR count). The van der Waals surface area contributed by atoms with Crippen molar-refractivity contribution in [1.82, 2.24) is 10.3 Å². The highest BCUT2D eigenvalue weighted by atomic mass is 15.2. The highest BCUT2D eigenvalue weighted by Gasteiger charge is 2.38. The number of hydrogen-bond donors (Lipinski definition) is 1. The number of anilines is 1. The molecule has 102 valence electrons. The molecule has 2 saturated carbocycles. The van der Waals surface area contributed by atoms with Crippen molar-refractivity contribution < 1.29 is 0 Å². The standard InChI is InChI=1S/C16H23N3/c1-11-6-13(8-17-14-3-4-14)9-18-16(11)19-10-12-2-5-15(19)7-12/h6,9,12,14-15,17H,2-5,7-8,10H2,1H3. The van der Waals surface area contributed by atoms with Gasteiger partial charge < -0.3 is 10.2 Å². The summed E-state index contributed by atoms with van der Waals surface area (Å²) in [7, 11) is 0. The summed E-state index contributed by atoms with van der Waals surface area (Å²) in [4.78, 5) is 7.32.